The summed E-state index contributed by atoms with van der Waals surface area (Å²) in [6.07, 6.45) is 0.350. The Balaban J connectivity index is 2.01. The highest BCUT2D eigenvalue weighted by molar-refractivity contribution is 7.99. The quantitative estimate of drug-likeness (QED) is 0.722. The molecule has 0 saturated carbocycles. The molecule has 0 aliphatic carbocycles. The van der Waals surface area contributed by atoms with Crippen LogP contribution in [0.3, 0.4) is 0 Å². The number of nitrogens with two attached hydrogens (primary N) is 1. The fourth-order valence-corrected chi connectivity index (χ4v) is 3.32. The number of phenols is 2. The van der Waals surface area contributed by atoms with Gasteiger partial charge in [0, 0.05) is 24.1 Å². The third-order valence-electron chi connectivity index (χ3n) is 3.46. The number of rotatable bonds is 3. The molecule has 6 heteroatoms. The minimum Gasteiger partial charge on any atom is -0.504 e. The normalized spacial score (nSPS) is 20.7. The van der Waals surface area contributed by atoms with Gasteiger partial charge in [0.05, 0.1) is 6.04 Å². The number of amides is 1. The van der Waals surface area contributed by atoms with Crippen LogP contribution in [0.25, 0.3) is 0 Å². The molecule has 20 heavy (non-hydrogen) atoms. The van der Waals surface area contributed by atoms with Crippen LogP contribution in [0.4, 0.5) is 0 Å². The second kappa shape index (κ2) is 6.37. The molecule has 4 N–H and O–H groups in total. The summed E-state index contributed by atoms with van der Waals surface area (Å²) in [6.45, 7) is 2.77. The fourth-order valence-electron chi connectivity index (χ4n) is 2.30. The summed E-state index contributed by atoms with van der Waals surface area (Å²) >= 11 is 1.85. The Bertz CT molecular complexity index is 495. The van der Waals surface area contributed by atoms with Crippen molar-refractivity contribution >= 4 is 17.7 Å². The number of carbonyl (C=O) groups excluding carboxylic acids is 1. The molecule has 1 saturated heterocycles. The second-order valence-electron chi connectivity index (χ2n) is 5.09. The molecular formula is C14H20N2O3S. The fraction of sp³-hybridized carbons (Fsp3) is 0.500. The average molecular weight is 296 g/mol. The predicted molar refractivity (Wildman–Crippen MR) is 80.0 cm³/mol. The van der Waals surface area contributed by atoms with Gasteiger partial charge in [-0.3, -0.25) is 4.79 Å². The zero-order chi connectivity index (χ0) is 14.7. The molecule has 1 fully saturated rings. The molecule has 1 aliphatic rings. The second-order valence-corrected chi connectivity index (χ2v) is 6.24. The van der Waals surface area contributed by atoms with Gasteiger partial charge in [-0.2, -0.15) is 11.8 Å². The number of hydrogen-bond acceptors (Lipinski definition) is 5. The van der Waals surface area contributed by atoms with E-state index in [1.165, 1.54) is 12.1 Å². The highest BCUT2D eigenvalue weighted by Crippen LogP contribution is 2.25. The van der Waals surface area contributed by atoms with Crippen LogP contribution in [0.2, 0.25) is 0 Å². The standard InChI is InChI=1S/C14H20N2O3S/c1-9-8-20-5-4-16(9)14(19)11(15)6-10-2-3-12(17)13(18)7-10/h2-3,7,9,11,17-18H,4-6,8,15H2,1H3/t9?,11-/m0/s1. The van der Waals surface area contributed by atoms with E-state index in [-0.39, 0.29) is 23.4 Å². The topological polar surface area (TPSA) is 86.8 Å². The lowest BCUT2D eigenvalue weighted by molar-refractivity contribution is -0.134. The Hall–Kier alpha value is -1.40. The monoisotopic (exact) mass is 296 g/mol. The van der Waals surface area contributed by atoms with Crippen molar-refractivity contribution in [1.29, 1.82) is 0 Å². The number of carbonyl (C=O) groups is 1. The van der Waals surface area contributed by atoms with E-state index >= 15 is 0 Å². The van der Waals surface area contributed by atoms with Gasteiger partial charge in [-0.1, -0.05) is 6.07 Å². The van der Waals surface area contributed by atoms with Crippen LogP contribution in [0.15, 0.2) is 18.2 Å². The highest BCUT2D eigenvalue weighted by Gasteiger charge is 2.27. The van der Waals surface area contributed by atoms with Gasteiger partial charge >= 0.3 is 0 Å². The largest absolute Gasteiger partial charge is 0.504 e. The van der Waals surface area contributed by atoms with Gasteiger partial charge in [-0.25, -0.2) is 0 Å². The van der Waals surface area contributed by atoms with E-state index in [1.807, 2.05) is 23.6 Å². The van der Waals surface area contributed by atoms with Crippen LogP contribution in [0.1, 0.15) is 12.5 Å². The molecule has 1 unspecified atom stereocenters. The molecule has 1 aromatic rings. The number of hydrogen-bond donors (Lipinski definition) is 3. The van der Waals surface area contributed by atoms with Gasteiger partial charge in [-0.15, -0.1) is 0 Å². The third-order valence-corrected chi connectivity index (χ3v) is 4.65. The summed E-state index contributed by atoms with van der Waals surface area (Å²) in [5.74, 6) is 1.48. The molecule has 0 radical (unpaired) electrons. The maximum absolute atomic E-state index is 12.3. The van der Waals surface area contributed by atoms with E-state index in [4.69, 9.17) is 5.73 Å². The van der Waals surface area contributed by atoms with Crippen molar-refractivity contribution in [3.05, 3.63) is 23.8 Å². The lowest BCUT2D eigenvalue weighted by Gasteiger charge is -2.34. The number of aromatic hydroxyl groups is 2. The molecular weight excluding hydrogens is 276 g/mol. The van der Waals surface area contributed by atoms with Crippen LogP contribution >= 0.6 is 11.8 Å². The van der Waals surface area contributed by atoms with Crippen molar-refractivity contribution in [2.24, 2.45) is 5.73 Å². The van der Waals surface area contributed by atoms with Gasteiger partial charge in [0.1, 0.15) is 0 Å². The van der Waals surface area contributed by atoms with Crippen molar-refractivity contribution < 1.29 is 15.0 Å². The third kappa shape index (κ3) is 3.37. The van der Waals surface area contributed by atoms with Crippen molar-refractivity contribution in [2.45, 2.75) is 25.4 Å². The lowest BCUT2D eigenvalue weighted by atomic mass is 10.0. The molecule has 0 bridgehead atoms. The van der Waals surface area contributed by atoms with Crippen LogP contribution < -0.4 is 5.73 Å². The zero-order valence-electron chi connectivity index (χ0n) is 11.5. The van der Waals surface area contributed by atoms with Crippen LogP contribution in [0, 0.1) is 0 Å². The smallest absolute Gasteiger partial charge is 0.240 e. The van der Waals surface area contributed by atoms with Crippen molar-refractivity contribution in [1.82, 2.24) is 4.90 Å². The average Bonchev–Trinajstić information content (AvgIpc) is 2.42. The highest BCUT2D eigenvalue weighted by atomic mass is 32.2. The van der Waals surface area contributed by atoms with E-state index in [1.54, 1.807) is 6.07 Å². The maximum atomic E-state index is 12.3. The van der Waals surface area contributed by atoms with Gasteiger partial charge in [-0.05, 0) is 31.0 Å². The Morgan fingerprint density at radius 1 is 1.50 bits per heavy atom. The zero-order valence-corrected chi connectivity index (χ0v) is 12.3. The van der Waals surface area contributed by atoms with Gasteiger partial charge in [0.25, 0.3) is 0 Å². The first-order chi connectivity index (χ1) is 9.49. The minimum atomic E-state index is -0.621. The molecule has 2 atom stereocenters. The van der Waals surface area contributed by atoms with Crippen LogP contribution in [-0.4, -0.2) is 51.2 Å². The predicted octanol–water partition coefficient (Wildman–Crippen LogP) is 0.931. The van der Waals surface area contributed by atoms with Crippen LogP contribution in [0.5, 0.6) is 11.5 Å². The van der Waals surface area contributed by atoms with E-state index < -0.39 is 6.04 Å². The molecule has 110 valence electrons. The first-order valence-corrected chi connectivity index (χ1v) is 7.79. The van der Waals surface area contributed by atoms with Gasteiger partial charge in [0.2, 0.25) is 5.91 Å². The summed E-state index contributed by atoms with van der Waals surface area (Å²) in [6, 6.07) is 4.10. The van der Waals surface area contributed by atoms with E-state index in [9.17, 15) is 15.0 Å². The Morgan fingerprint density at radius 2 is 2.25 bits per heavy atom. The Labute approximate surface area is 122 Å². The van der Waals surface area contributed by atoms with E-state index in [2.05, 4.69) is 0 Å². The van der Waals surface area contributed by atoms with Crippen LogP contribution in [-0.2, 0) is 11.2 Å². The molecule has 2 rings (SSSR count). The first-order valence-electron chi connectivity index (χ1n) is 6.63. The Morgan fingerprint density at radius 3 is 2.90 bits per heavy atom. The van der Waals surface area contributed by atoms with E-state index in [0.29, 0.717) is 6.42 Å². The number of phenolic OH excluding ortho intramolecular Hbond substituents is 2. The maximum Gasteiger partial charge on any atom is 0.240 e. The minimum absolute atomic E-state index is 0.0506. The molecule has 1 heterocycles. The number of thioether (sulfide) groups is 1. The SMILES string of the molecule is CC1CSCCN1C(=O)[C@@H](N)Cc1ccc(O)c(O)c1. The summed E-state index contributed by atoms with van der Waals surface area (Å²) in [7, 11) is 0. The summed E-state index contributed by atoms with van der Waals surface area (Å²) < 4.78 is 0. The molecule has 0 spiro atoms. The number of benzene rings is 1. The van der Waals surface area contributed by atoms with Crippen molar-refractivity contribution in [2.75, 3.05) is 18.1 Å². The molecule has 0 aromatic heterocycles. The van der Waals surface area contributed by atoms with E-state index in [0.717, 1.165) is 23.6 Å². The molecule has 5 nitrogen and oxygen atoms in total. The molecule has 1 aromatic carbocycles. The van der Waals surface area contributed by atoms with Crippen molar-refractivity contribution in [3.8, 4) is 11.5 Å². The molecule has 1 amide bonds. The van der Waals surface area contributed by atoms with Crippen molar-refractivity contribution in [3.63, 3.8) is 0 Å². The summed E-state index contributed by atoms with van der Waals surface area (Å²) in [5.41, 5.74) is 6.72. The van der Waals surface area contributed by atoms with Gasteiger partial charge in [0.15, 0.2) is 11.5 Å². The summed E-state index contributed by atoms with van der Waals surface area (Å²) in [4.78, 5) is 14.2. The Kier molecular flexibility index (Phi) is 4.77. The molecule has 1 aliphatic heterocycles. The lowest BCUT2D eigenvalue weighted by Crippen LogP contribution is -2.51. The summed E-state index contributed by atoms with van der Waals surface area (Å²) in [5, 5.41) is 18.7. The number of nitrogens with zero attached hydrogens (tertiary/aromatic N) is 1. The van der Waals surface area contributed by atoms with Gasteiger partial charge < -0.3 is 20.8 Å². The first kappa shape index (κ1) is 15.0.